The molecule has 0 aliphatic carbocycles. The summed E-state index contributed by atoms with van der Waals surface area (Å²) in [7, 11) is 0. The second-order valence-corrected chi connectivity index (χ2v) is 4.80. The fourth-order valence-electron chi connectivity index (χ4n) is 1.33. The number of halogens is 3. The Bertz CT molecular complexity index is 582. The number of rotatable bonds is 3. The Morgan fingerprint density at radius 3 is 2.50 bits per heavy atom. The lowest BCUT2D eigenvalue weighted by Crippen LogP contribution is -1.90. The quantitative estimate of drug-likeness (QED) is 0.619. The number of nitrogens with zero attached hydrogens (tertiary/aromatic N) is 1. The Morgan fingerprint density at radius 1 is 0.944 bits per heavy atom. The van der Waals surface area contributed by atoms with Gasteiger partial charge in [0, 0.05) is 5.02 Å². The lowest BCUT2D eigenvalue weighted by atomic mass is 10.2. The number of hydrazone groups is 1. The average Bonchev–Trinajstić information content (AvgIpc) is 2.34. The molecular weight excluding hydrogens is 291 g/mol. The van der Waals surface area contributed by atoms with Crippen molar-refractivity contribution < 1.29 is 0 Å². The number of hydrogen-bond donors (Lipinski definition) is 1. The molecule has 0 aliphatic rings. The summed E-state index contributed by atoms with van der Waals surface area (Å²) in [6.07, 6.45) is 1.67. The van der Waals surface area contributed by atoms with E-state index in [1.54, 1.807) is 24.4 Å². The molecule has 0 spiro atoms. The van der Waals surface area contributed by atoms with Crippen molar-refractivity contribution in [2.75, 3.05) is 5.43 Å². The van der Waals surface area contributed by atoms with Gasteiger partial charge in [-0.3, -0.25) is 5.43 Å². The van der Waals surface area contributed by atoms with Crippen LogP contribution in [0.5, 0.6) is 0 Å². The van der Waals surface area contributed by atoms with Crippen LogP contribution in [0.15, 0.2) is 47.6 Å². The van der Waals surface area contributed by atoms with Gasteiger partial charge in [0.05, 0.1) is 21.9 Å². The fraction of sp³-hybridized carbons (Fsp3) is 0. The van der Waals surface area contributed by atoms with Crippen molar-refractivity contribution in [3.63, 3.8) is 0 Å². The third-order valence-corrected chi connectivity index (χ3v) is 3.15. The number of anilines is 1. The van der Waals surface area contributed by atoms with Gasteiger partial charge in [-0.25, -0.2) is 0 Å². The van der Waals surface area contributed by atoms with E-state index < -0.39 is 0 Å². The molecule has 2 aromatic carbocycles. The van der Waals surface area contributed by atoms with Crippen LogP contribution in [0, 0.1) is 0 Å². The summed E-state index contributed by atoms with van der Waals surface area (Å²) in [6, 6.07) is 12.6. The molecule has 0 aromatic heterocycles. The molecule has 1 N–H and O–H groups in total. The third kappa shape index (κ3) is 3.64. The van der Waals surface area contributed by atoms with Crippen molar-refractivity contribution in [2.45, 2.75) is 0 Å². The van der Waals surface area contributed by atoms with Crippen LogP contribution in [0.2, 0.25) is 15.1 Å². The summed E-state index contributed by atoms with van der Waals surface area (Å²) in [4.78, 5) is 0. The van der Waals surface area contributed by atoms with Crippen LogP contribution in [0.1, 0.15) is 5.56 Å². The van der Waals surface area contributed by atoms with E-state index in [-0.39, 0.29) is 0 Å². The monoisotopic (exact) mass is 298 g/mol. The zero-order valence-corrected chi connectivity index (χ0v) is 11.5. The van der Waals surface area contributed by atoms with E-state index in [1.165, 1.54) is 0 Å². The third-order valence-electron chi connectivity index (χ3n) is 2.18. The molecule has 18 heavy (non-hydrogen) atoms. The zero-order valence-electron chi connectivity index (χ0n) is 9.20. The van der Waals surface area contributed by atoms with Gasteiger partial charge in [0.25, 0.3) is 0 Å². The first-order valence-corrected chi connectivity index (χ1v) is 6.28. The van der Waals surface area contributed by atoms with E-state index in [1.807, 2.05) is 24.3 Å². The first-order valence-electron chi connectivity index (χ1n) is 5.15. The standard InChI is InChI=1S/C13H9Cl3N2/c14-10-3-1-2-9(6-10)8-17-18-11-4-5-12(15)13(16)7-11/h1-8,18H/b17-8+. The molecule has 2 aromatic rings. The number of hydrogen-bond acceptors (Lipinski definition) is 2. The Kier molecular flexibility index (Phi) is 4.48. The van der Waals surface area contributed by atoms with Gasteiger partial charge in [-0.1, -0.05) is 46.9 Å². The highest BCUT2D eigenvalue weighted by atomic mass is 35.5. The molecule has 0 amide bonds. The largest absolute Gasteiger partial charge is 0.278 e. The summed E-state index contributed by atoms with van der Waals surface area (Å²) in [5.41, 5.74) is 4.54. The molecule has 0 radical (unpaired) electrons. The second-order valence-electron chi connectivity index (χ2n) is 3.55. The minimum atomic E-state index is 0.486. The molecule has 0 heterocycles. The van der Waals surface area contributed by atoms with Crippen molar-refractivity contribution >= 4 is 46.7 Å². The Morgan fingerprint density at radius 2 is 1.78 bits per heavy atom. The van der Waals surface area contributed by atoms with E-state index >= 15 is 0 Å². The van der Waals surface area contributed by atoms with Gasteiger partial charge in [-0.05, 0) is 35.9 Å². The summed E-state index contributed by atoms with van der Waals surface area (Å²) < 4.78 is 0. The molecule has 5 heteroatoms. The summed E-state index contributed by atoms with van der Waals surface area (Å²) in [5.74, 6) is 0. The van der Waals surface area contributed by atoms with Crippen LogP contribution in [-0.2, 0) is 0 Å². The summed E-state index contributed by atoms with van der Waals surface area (Å²) in [6.45, 7) is 0. The molecule has 0 atom stereocenters. The van der Waals surface area contributed by atoms with Gasteiger partial charge in [-0.2, -0.15) is 5.10 Å². The highest BCUT2D eigenvalue weighted by molar-refractivity contribution is 6.42. The van der Waals surface area contributed by atoms with Crippen molar-refractivity contribution in [2.24, 2.45) is 5.10 Å². The fourth-order valence-corrected chi connectivity index (χ4v) is 1.83. The molecule has 0 aliphatic heterocycles. The minimum absolute atomic E-state index is 0.486. The normalized spacial score (nSPS) is 10.8. The average molecular weight is 300 g/mol. The van der Waals surface area contributed by atoms with Gasteiger partial charge >= 0.3 is 0 Å². The van der Waals surface area contributed by atoms with E-state index in [4.69, 9.17) is 34.8 Å². The Balaban J connectivity index is 2.05. The predicted molar refractivity (Wildman–Crippen MR) is 79.1 cm³/mol. The molecular formula is C13H9Cl3N2. The van der Waals surface area contributed by atoms with Crippen LogP contribution in [0.3, 0.4) is 0 Å². The Hall–Kier alpha value is -1.22. The van der Waals surface area contributed by atoms with Crippen molar-refractivity contribution in [3.05, 3.63) is 63.1 Å². The smallest absolute Gasteiger partial charge is 0.0613 e. The lowest BCUT2D eigenvalue weighted by Gasteiger charge is -2.01. The highest BCUT2D eigenvalue weighted by Crippen LogP contribution is 2.24. The second kappa shape index (κ2) is 6.10. The maximum Gasteiger partial charge on any atom is 0.0613 e. The van der Waals surface area contributed by atoms with Gasteiger partial charge < -0.3 is 0 Å². The van der Waals surface area contributed by atoms with E-state index in [0.717, 1.165) is 11.3 Å². The minimum Gasteiger partial charge on any atom is -0.278 e. The van der Waals surface area contributed by atoms with Crippen LogP contribution in [0.4, 0.5) is 5.69 Å². The molecule has 2 rings (SSSR count). The SMILES string of the molecule is Clc1cccc(/C=N/Nc2ccc(Cl)c(Cl)c2)c1. The molecule has 92 valence electrons. The molecule has 0 saturated heterocycles. The van der Waals surface area contributed by atoms with Crippen LogP contribution < -0.4 is 5.43 Å². The van der Waals surface area contributed by atoms with Crippen LogP contribution in [-0.4, -0.2) is 6.21 Å². The van der Waals surface area contributed by atoms with Gasteiger partial charge in [0.1, 0.15) is 0 Å². The maximum atomic E-state index is 5.89. The van der Waals surface area contributed by atoms with Crippen LogP contribution >= 0.6 is 34.8 Å². The van der Waals surface area contributed by atoms with E-state index in [2.05, 4.69) is 10.5 Å². The van der Waals surface area contributed by atoms with E-state index in [9.17, 15) is 0 Å². The zero-order chi connectivity index (χ0) is 13.0. The predicted octanol–water partition coefficient (Wildman–Crippen LogP) is 5.09. The van der Waals surface area contributed by atoms with Gasteiger partial charge in [0.15, 0.2) is 0 Å². The van der Waals surface area contributed by atoms with Gasteiger partial charge in [-0.15, -0.1) is 0 Å². The van der Waals surface area contributed by atoms with Crippen molar-refractivity contribution in [3.8, 4) is 0 Å². The first kappa shape index (κ1) is 13.2. The highest BCUT2D eigenvalue weighted by Gasteiger charge is 1.97. The molecule has 0 saturated carbocycles. The maximum absolute atomic E-state index is 5.89. The molecule has 0 bridgehead atoms. The Labute approximate surface area is 120 Å². The van der Waals surface area contributed by atoms with Crippen molar-refractivity contribution in [1.82, 2.24) is 0 Å². The van der Waals surface area contributed by atoms with E-state index in [0.29, 0.717) is 15.1 Å². The summed E-state index contributed by atoms with van der Waals surface area (Å²) in [5, 5.41) is 5.76. The number of nitrogens with one attached hydrogen (secondary N) is 1. The topological polar surface area (TPSA) is 24.4 Å². The first-order chi connectivity index (χ1) is 8.65. The molecule has 0 unspecified atom stereocenters. The van der Waals surface area contributed by atoms with Crippen molar-refractivity contribution in [1.29, 1.82) is 0 Å². The lowest BCUT2D eigenvalue weighted by molar-refractivity contribution is 1.35. The molecule has 2 nitrogen and oxygen atoms in total. The molecule has 0 fully saturated rings. The van der Waals surface area contributed by atoms with Crippen LogP contribution in [0.25, 0.3) is 0 Å². The summed E-state index contributed by atoms with van der Waals surface area (Å²) >= 11 is 17.6. The number of benzene rings is 2. The van der Waals surface area contributed by atoms with Gasteiger partial charge in [0.2, 0.25) is 0 Å².